The molecule has 0 saturated heterocycles. The molecule has 0 aliphatic carbocycles. The second-order valence-electron chi connectivity index (χ2n) is 3.63. The molecule has 88 valence electrons. The van der Waals surface area contributed by atoms with E-state index in [0.717, 1.165) is 12.2 Å². The summed E-state index contributed by atoms with van der Waals surface area (Å²) in [4.78, 5) is 11.1. The van der Waals surface area contributed by atoms with Crippen LogP contribution in [0.3, 0.4) is 0 Å². The topological polar surface area (TPSA) is 35.5 Å². The highest BCUT2D eigenvalue weighted by atomic mass is 16.5. The predicted molar refractivity (Wildman–Crippen MR) is 62.5 cm³/mol. The Bertz CT molecular complexity index is 316. The molecule has 3 heteroatoms. The summed E-state index contributed by atoms with van der Waals surface area (Å²) in [6, 6.07) is 7.74. The summed E-state index contributed by atoms with van der Waals surface area (Å²) in [7, 11) is 0. The minimum atomic E-state index is -0.200. The fraction of sp³-hybridized carbons (Fsp3) is 0.462. The van der Waals surface area contributed by atoms with Gasteiger partial charge in [0, 0.05) is 0 Å². The molecule has 0 heterocycles. The zero-order chi connectivity index (χ0) is 11.8. The van der Waals surface area contributed by atoms with Crippen LogP contribution >= 0.6 is 0 Å². The summed E-state index contributed by atoms with van der Waals surface area (Å²) >= 11 is 0. The Balaban J connectivity index is 2.20. The van der Waals surface area contributed by atoms with E-state index in [9.17, 15) is 4.79 Å². The molecule has 0 aromatic heterocycles. The Kier molecular flexibility index (Phi) is 5.40. The van der Waals surface area contributed by atoms with Crippen molar-refractivity contribution in [3.63, 3.8) is 0 Å². The van der Waals surface area contributed by atoms with Crippen LogP contribution in [-0.2, 0) is 9.53 Å². The zero-order valence-electron chi connectivity index (χ0n) is 9.86. The second kappa shape index (κ2) is 6.88. The van der Waals surface area contributed by atoms with E-state index in [1.807, 2.05) is 38.1 Å². The van der Waals surface area contributed by atoms with Crippen molar-refractivity contribution in [1.29, 1.82) is 0 Å². The molecule has 0 spiro atoms. The monoisotopic (exact) mass is 222 g/mol. The Hall–Kier alpha value is -1.51. The van der Waals surface area contributed by atoms with Crippen LogP contribution in [0.5, 0.6) is 5.75 Å². The fourth-order valence-corrected chi connectivity index (χ4v) is 1.17. The number of aryl methyl sites for hydroxylation is 1. The van der Waals surface area contributed by atoms with Gasteiger partial charge in [-0.25, -0.2) is 0 Å². The van der Waals surface area contributed by atoms with Crippen molar-refractivity contribution in [1.82, 2.24) is 0 Å². The Morgan fingerprint density at radius 2 is 1.88 bits per heavy atom. The first-order chi connectivity index (χ1) is 7.72. The Labute approximate surface area is 96.4 Å². The van der Waals surface area contributed by atoms with Gasteiger partial charge in [0.05, 0.1) is 19.6 Å². The van der Waals surface area contributed by atoms with E-state index in [-0.39, 0.29) is 5.97 Å². The average molecular weight is 222 g/mol. The number of carbonyl (C=O) groups excluding carboxylic acids is 1. The van der Waals surface area contributed by atoms with Crippen LogP contribution in [0.15, 0.2) is 24.3 Å². The molecule has 0 atom stereocenters. The molecular weight excluding hydrogens is 204 g/mol. The van der Waals surface area contributed by atoms with Gasteiger partial charge in [-0.1, -0.05) is 24.6 Å². The van der Waals surface area contributed by atoms with Crippen molar-refractivity contribution in [2.75, 3.05) is 13.2 Å². The van der Waals surface area contributed by atoms with Gasteiger partial charge in [-0.05, 0) is 25.5 Å². The van der Waals surface area contributed by atoms with Gasteiger partial charge in [0.1, 0.15) is 5.75 Å². The van der Waals surface area contributed by atoms with Crippen molar-refractivity contribution in [2.45, 2.75) is 26.7 Å². The van der Waals surface area contributed by atoms with Crippen LogP contribution < -0.4 is 4.74 Å². The van der Waals surface area contributed by atoms with Crippen molar-refractivity contribution in [3.05, 3.63) is 29.8 Å². The van der Waals surface area contributed by atoms with Crippen LogP contribution in [0.25, 0.3) is 0 Å². The summed E-state index contributed by atoms with van der Waals surface area (Å²) in [5.74, 6) is 0.586. The Morgan fingerprint density at radius 1 is 1.19 bits per heavy atom. The largest absolute Gasteiger partial charge is 0.493 e. The van der Waals surface area contributed by atoms with Crippen LogP contribution in [0, 0.1) is 6.92 Å². The molecule has 0 fully saturated rings. The molecular formula is C13H18O3. The second-order valence-corrected chi connectivity index (χ2v) is 3.63. The minimum absolute atomic E-state index is 0.200. The predicted octanol–water partition coefficient (Wildman–Crippen LogP) is 2.72. The van der Waals surface area contributed by atoms with Gasteiger partial charge in [0.25, 0.3) is 0 Å². The minimum Gasteiger partial charge on any atom is -0.493 e. The average Bonchev–Trinajstić information content (AvgIpc) is 2.29. The lowest BCUT2D eigenvalue weighted by atomic mass is 10.2. The first-order valence-electron chi connectivity index (χ1n) is 5.57. The van der Waals surface area contributed by atoms with Crippen LogP contribution in [0.2, 0.25) is 0 Å². The van der Waals surface area contributed by atoms with E-state index >= 15 is 0 Å². The van der Waals surface area contributed by atoms with Gasteiger partial charge in [-0.3, -0.25) is 4.79 Å². The van der Waals surface area contributed by atoms with Gasteiger partial charge < -0.3 is 9.47 Å². The molecule has 0 saturated carbocycles. The van der Waals surface area contributed by atoms with E-state index in [4.69, 9.17) is 9.47 Å². The van der Waals surface area contributed by atoms with Crippen LogP contribution in [-0.4, -0.2) is 19.2 Å². The summed E-state index contributed by atoms with van der Waals surface area (Å²) in [6.07, 6.45) is 1.15. The third-order valence-corrected chi connectivity index (χ3v) is 2.06. The van der Waals surface area contributed by atoms with Gasteiger partial charge in [-0.2, -0.15) is 0 Å². The maximum atomic E-state index is 11.1. The maximum Gasteiger partial charge on any atom is 0.309 e. The van der Waals surface area contributed by atoms with E-state index in [2.05, 4.69) is 0 Å². The molecule has 0 aliphatic rings. The normalized spacial score (nSPS) is 9.88. The van der Waals surface area contributed by atoms with Crippen molar-refractivity contribution in [2.24, 2.45) is 0 Å². The van der Waals surface area contributed by atoms with E-state index in [1.54, 1.807) is 0 Å². The highest BCUT2D eigenvalue weighted by Crippen LogP contribution is 2.11. The molecule has 0 aliphatic heterocycles. The molecule has 1 aromatic rings. The standard InChI is InChI=1S/C13H18O3/c1-3-9-16-13(14)8-10-15-12-6-4-11(2)5-7-12/h4-7H,3,8-10H2,1-2H3. The van der Waals surface area contributed by atoms with Gasteiger partial charge >= 0.3 is 5.97 Å². The quantitative estimate of drug-likeness (QED) is 0.694. The summed E-state index contributed by atoms with van der Waals surface area (Å²) in [5, 5.41) is 0. The lowest BCUT2D eigenvalue weighted by Crippen LogP contribution is -2.10. The molecule has 0 radical (unpaired) electrons. The zero-order valence-corrected chi connectivity index (χ0v) is 9.86. The lowest BCUT2D eigenvalue weighted by Gasteiger charge is -2.06. The SMILES string of the molecule is CCCOC(=O)CCOc1ccc(C)cc1. The molecule has 0 unspecified atom stereocenters. The van der Waals surface area contributed by atoms with Crippen LogP contribution in [0.4, 0.5) is 0 Å². The van der Waals surface area contributed by atoms with E-state index in [1.165, 1.54) is 5.56 Å². The lowest BCUT2D eigenvalue weighted by molar-refractivity contribution is -0.144. The summed E-state index contributed by atoms with van der Waals surface area (Å²) in [5.41, 5.74) is 1.19. The molecule has 1 rings (SSSR count). The van der Waals surface area contributed by atoms with Gasteiger partial charge in [-0.15, -0.1) is 0 Å². The van der Waals surface area contributed by atoms with E-state index in [0.29, 0.717) is 19.6 Å². The van der Waals surface area contributed by atoms with E-state index < -0.39 is 0 Å². The number of benzene rings is 1. The maximum absolute atomic E-state index is 11.1. The Morgan fingerprint density at radius 3 is 2.50 bits per heavy atom. The van der Waals surface area contributed by atoms with Gasteiger partial charge in [0.2, 0.25) is 0 Å². The molecule has 1 aromatic carbocycles. The number of hydrogen-bond acceptors (Lipinski definition) is 3. The fourth-order valence-electron chi connectivity index (χ4n) is 1.17. The first kappa shape index (κ1) is 12.6. The molecule has 0 N–H and O–H groups in total. The number of ether oxygens (including phenoxy) is 2. The first-order valence-corrected chi connectivity index (χ1v) is 5.57. The molecule has 0 bridgehead atoms. The smallest absolute Gasteiger partial charge is 0.309 e. The highest BCUT2D eigenvalue weighted by molar-refractivity contribution is 5.69. The molecule has 0 amide bonds. The molecule has 16 heavy (non-hydrogen) atoms. The van der Waals surface area contributed by atoms with Crippen molar-refractivity contribution in [3.8, 4) is 5.75 Å². The number of hydrogen-bond donors (Lipinski definition) is 0. The van der Waals surface area contributed by atoms with Crippen molar-refractivity contribution >= 4 is 5.97 Å². The number of carbonyl (C=O) groups is 1. The third kappa shape index (κ3) is 4.82. The third-order valence-electron chi connectivity index (χ3n) is 2.06. The summed E-state index contributed by atoms with van der Waals surface area (Å²) < 4.78 is 10.3. The summed E-state index contributed by atoms with van der Waals surface area (Å²) in [6.45, 7) is 4.84. The van der Waals surface area contributed by atoms with Gasteiger partial charge in [0.15, 0.2) is 0 Å². The highest BCUT2D eigenvalue weighted by Gasteiger charge is 2.02. The molecule has 3 nitrogen and oxygen atoms in total. The number of esters is 1. The van der Waals surface area contributed by atoms with Crippen LogP contribution in [0.1, 0.15) is 25.3 Å². The van der Waals surface area contributed by atoms with Crippen molar-refractivity contribution < 1.29 is 14.3 Å². The number of rotatable bonds is 6.